The summed E-state index contributed by atoms with van der Waals surface area (Å²) in [6.45, 7) is 4.78. The number of aromatic nitrogens is 2. The van der Waals surface area contributed by atoms with Gasteiger partial charge in [0, 0.05) is 11.1 Å². The van der Waals surface area contributed by atoms with Crippen LogP contribution < -0.4 is 11.1 Å². The van der Waals surface area contributed by atoms with Crippen LogP contribution >= 0.6 is 22.7 Å². The summed E-state index contributed by atoms with van der Waals surface area (Å²) >= 11 is 3.17. The van der Waals surface area contributed by atoms with Gasteiger partial charge in [0.1, 0.15) is 0 Å². The fraction of sp³-hybridized carbons (Fsp3) is 0.200. The van der Waals surface area contributed by atoms with Crippen molar-refractivity contribution >= 4 is 32.9 Å². The summed E-state index contributed by atoms with van der Waals surface area (Å²) in [4.78, 5) is 11.0. The van der Waals surface area contributed by atoms with Crippen molar-refractivity contribution < 1.29 is 0 Å². The molecule has 0 fully saturated rings. The number of nitrogens with two attached hydrogens (primary N) is 1. The Hall–Kier alpha value is -1.92. The largest absolute Gasteiger partial charge is 0.375 e. The Bertz CT molecular complexity index is 743. The highest BCUT2D eigenvalue weighted by atomic mass is 32.1. The lowest BCUT2D eigenvalue weighted by atomic mass is 10.1. The van der Waals surface area contributed by atoms with Gasteiger partial charge in [0.25, 0.3) is 0 Å². The summed E-state index contributed by atoms with van der Waals surface area (Å²) in [5, 5.41) is 4.87. The van der Waals surface area contributed by atoms with E-state index in [9.17, 15) is 0 Å². The van der Waals surface area contributed by atoms with Crippen LogP contribution in [0.4, 0.5) is 10.3 Å². The van der Waals surface area contributed by atoms with E-state index in [0.29, 0.717) is 11.7 Å². The van der Waals surface area contributed by atoms with Gasteiger partial charge < -0.3 is 11.1 Å². The van der Waals surface area contributed by atoms with Crippen molar-refractivity contribution in [1.29, 1.82) is 0 Å². The van der Waals surface area contributed by atoms with Gasteiger partial charge in [-0.3, -0.25) is 0 Å². The second-order valence-electron chi connectivity index (χ2n) is 4.81. The number of aryl methyl sites for hydroxylation is 2. The Balaban J connectivity index is 1.70. The van der Waals surface area contributed by atoms with Crippen LogP contribution in [0.3, 0.4) is 0 Å². The van der Waals surface area contributed by atoms with Crippen LogP contribution in [0.15, 0.2) is 30.5 Å². The Morgan fingerprint density at radius 1 is 1.14 bits per heavy atom. The maximum Gasteiger partial charge on any atom is 0.183 e. The summed E-state index contributed by atoms with van der Waals surface area (Å²) in [5.74, 6) is 0. The lowest BCUT2D eigenvalue weighted by Gasteiger charge is -2.00. The first-order valence-electron chi connectivity index (χ1n) is 6.60. The first-order valence-corrected chi connectivity index (χ1v) is 8.23. The van der Waals surface area contributed by atoms with E-state index >= 15 is 0 Å². The molecule has 3 aromatic rings. The molecule has 0 aliphatic rings. The monoisotopic (exact) mass is 316 g/mol. The van der Waals surface area contributed by atoms with Crippen molar-refractivity contribution in [3.05, 3.63) is 46.6 Å². The number of rotatable bonds is 4. The Labute approximate surface area is 131 Å². The van der Waals surface area contributed by atoms with E-state index in [1.807, 2.05) is 13.1 Å². The zero-order valence-corrected chi connectivity index (χ0v) is 13.5. The van der Waals surface area contributed by atoms with Gasteiger partial charge in [0.2, 0.25) is 0 Å². The summed E-state index contributed by atoms with van der Waals surface area (Å²) in [6, 6.07) is 8.48. The highest BCUT2D eigenvalue weighted by Crippen LogP contribution is 2.30. The van der Waals surface area contributed by atoms with Crippen molar-refractivity contribution in [2.45, 2.75) is 20.4 Å². The molecule has 0 saturated carbocycles. The molecule has 0 saturated heterocycles. The number of anilines is 2. The minimum absolute atomic E-state index is 0.615. The van der Waals surface area contributed by atoms with Crippen LogP contribution in [0.5, 0.6) is 0 Å². The molecule has 21 heavy (non-hydrogen) atoms. The molecule has 0 radical (unpaired) electrons. The van der Waals surface area contributed by atoms with Crippen molar-refractivity contribution in [2.75, 3.05) is 11.1 Å². The smallest absolute Gasteiger partial charge is 0.183 e. The molecule has 1 aromatic carbocycles. The lowest BCUT2D eigenvalue weighted by Crippen LogP contribution is -1.97. The lowest BCUT2D eigenvalue weighted by molar-refractivity contribution is 1.11. The predicted octanol–water partition coefficient (Wildman–Crippen LogP) is 4.08. The number of nitrogens with one attached hydrogen (secondary N) is 1. The molecular weight excluding hydrogens is 300 g/mol. The number of thiazole rings is 2. The topological polar surface area (TPSA) is 63.8 Å². The molecule has 0 aliphatic carbocycles. The zero-order chi connectivity index (χ0) is 14.8. The molecule has 0 atom stereocenters. The minimum atomic E-state index is 0.615. The normalized spacial score (nSPS) is 10.8. The van der Waals surface area contributed by atoms with Crippen molar-refractivity contribution in [2.24, 2.45) is 0 Å². The van der Waals surface area contributed by atoms with E-state index in [4.69, 9.17) is 5.73 Å². The fourth-order valence-corrected chi connectivity index (χ4v) is 3.57. The molecule has 0 unspecified atom stereocenters. The number of hydrogen-bond donors (Lipinski definition) is 2. The average Bonchev–Trinajstić information content (AvgIpc) is 3.04. The van der Waals surface area contributed by atoms with E-state index in [2.05, 4.69) is 46.5 Å². The molecule has 0 aliphatic heterocycles. The average molecular weight is 316 g/mol. The summed E-state index contributed by atoms with van der Waals surface area (Å²) in [7, 11) is 0. The molecule has 108 valence electrons. The van der Waals surface area contributed by atoms with E-state index in [1.165, 1.54) is 22.5 Å². The van der Waals surface area contributed by atoms with Gasteiger partial charge in [-0.1, -0.05) is 41.2 Å². The third-order valence-corrected chi connectivity index (χ3v) is 5.14. The van der Waals surface area contributed by atoms with Crippen LogP contribution in [0.25, 0.3) is 10.4 Å². The van der Waals surface area contributed by atoms with E-state index < -0.39 is 0 Å². The summed E-state index contributed by atoms with van der Waals surface area (Å²) in [6.07, 6.45) is 1.91. The molecule has 0 bridgehead atoms. The van der Waals surface area contributed by atoms with Crippen LogP contribution in [-0.4, -0.2) is 9.97 Å². The standard InChI is InChI=1S/C15H16N4S2/c1-9-3-5-11(6-4-9)13-8-18-15(21-13)17-7-12-10(2)19-14(16)20-12/h3-6,8H,7H2,1-2H3,(H2,16,19)(H,17,18). The maximum absolute atomic E-state index is 5.71. The third kappa shape index (κ3) is 3.22. The minimum Gasteiger partial charge on any atom is -0.375 e. The van der Waals surface area contributed by atoms with Gasteiger partial charge >= 0.3 is 0 Å². The van der Waals surface area contributed by atoms with Gasteiger partial charge in [-0.25, -0.2) is 9.97 Å². The highest BCUT2D eigenvalue weighted by molar-refractivity contribution is 7.19. The Kier molecular flexibility index (Phi) is 3.90. The van der Waals surface area contributed by atoms with Crippen LogP contribution in [0.2, 0.25) is 0 Å². The molecular formula is C15H16N4S2. The number of nitrogen functional groups attached to an aromatic ring is 1. The van der Waals surface area contributed by atoms with E-state index in [-0.39, 0.29) is 0 Å². The van der Waals surface area contributed by atoms with Crippen LogP contribution in [-0.2, 0) is 6.54 Å². The molecule has 0 amide bonds. The van der Waals surface area contributed by atoms with Gasteiger partial charge in [-0.15, -0.1) is 11.3 Å². The van der Waals surface area contributed by atoms with Gasteiger partial charge in [-0.05, 0) is 19.4 Å². The molecule has 3 N–H and O–H groups in total. The number of hydrogen-bond acceptors (Lipinski definition) is 6. The summed E-state index contributed by atoms with van der Waals surface area (Å²) in [5.41, 5.74) is 9.16. The van der Waals surface area contributed by atoms with Crippen LogP contribution in [0.1, 0.15) is 16.1 Å². The van der Waals surface area contributed by atoms with Crippen molar-refractivity contribution in [1.82, 2.24) is 9.97 Å². The predicted molar refractivity (Wildman–Crippen MR) is 90.9 cm³/mol. The van der Waals surface area contributed by atoms with Gasteiger partial charge in [0.05, 0.1) is 17.1 Å². The molecule has 2 heterocycles. The summed E-state index contributed by atoms with van der Waals surface area (Å²) < 4.78 is 0. The number of benzene rings is 1. The first kappa shape index (κ1) is 14.0. The third-order valence-electron chi connectivity index (χ3n) is 3.15. The van der Waals surface area contributed by atoms with E-state index in [0.717, 1.165) is 20.6 Å². The van der Waals surface area contributed by atoms with Gasteiger partial charge in [0.15, 0.2) is 10.3 Å². The van der Waals surface area contributed by atoms with Crippen molar-refractivity contribution in [3.63, 3.8) is 0 Å². The SMILES string of the molecule is Cc1ccc(-c2cnc(NCc3sc(N)nc3C)s2)cc1. The maximum atomic E-state index is 5.71. The molecule has 4 nitrogen and oxygen atoms in total. The second kappa shape index (κ2) is 5.83. The molecule has 2 aromatic heterocycles. The first-order chi connectivity index (χ1) is 10.1. The Morgan fingerprint density at radius 2 is 1.90 bits per heavy atom. The second-order valence-corrected chi connectivity index (χ2v) is 6.96. The van der Waals surface area contributed by atoms with E-state index in [1.54, 1.807) is 11.3 Å². The molecule has 3 rings (SSSR count). The zero-order valence-electron chi connectivity index (χ0n) is 11.9. The highest BCUT2D eigenvalue weighted by Gasteiger charge is 2.07. The van der Waals surface area contributed by atoms with Gasteiger partial charge in [-0.2, -0.15) is 0 Å². The van der Waals surface area contributed by atoms with Crippen LogP contribution in [0, 0.1) is 13.8 Å². The number of nitrogens with zero attached hydrogens (tertiary/aromatic N) is 2. The Morgan fingerprint density at radius 3 is 2.57 bits per heavy atom. The quantitative estimate of drug-likeness (QED) is 0.761. The fourth-order valence-electron chi connectivity index (χ4n) is 1.98. The molecule has 0 spiro atoms. The van der Waals surface area contributed by atoms with Crippen molar-refractivity contribution in [3.8, 4) is 10.4 Å². The molecule has 6 heteroatoms.